The summed E-state index contributed by atoms with van der Waals surface area (Å²) in [5, 5.41) is 9.33. The maximum Gasteiger partial charge on any atom is 0.0750 e. The van der Waals surface area contributed by atoms with Crippen LogP contribution in [-0.2, 0) is 0 Å². The van der Waals surface area contributed by atoms with Crippen molar-refractivity contribution in [1.29, 1.82) is 0 Å². The second kappa shape index (κ2) is 5.24. The first-order chi connectivity index (χ1) is 4.72. The average Bonchev–Trinajstić information content (AvgIpc) is 1.98. The third-order valence-corrected chi connectivity index (χ3v) is 1.63. The fourth-order valence-corrected chi connectivity index (χ4v) is 0.696. The quantitative estimate of drug-likeness (QED) is 0.594. The number of hydrogen-bond donors (Lipinski definition) is 1. The van der Waals surface area contributed by atoms with Crippen LogP contribution in [0.15, 0.2) is 24.3 Å². The van der Waals surface area contributed by atoms with Crippen LogP contribution in [0.2, 0.25) is 0 Å². The van der Waals surface area contributed by atoms with Crippen molar-refractivity contribution >= 4 is 0 Å². The zero-order valence-electron chi connectivity index (χ0n) is 6.80. The summed E-state index contributed by atoms with van der Waals surface area (Å²) in [6.45, 7) is 7.46. The lowest BCUT2D eigenvalue weighted by Gasteiger charge is -2.08. The molecule has 0 aromatic rings. The molecule has 0 aromatic heterocycles. The van der Waals surface area contributed by atoms with E-state index in [4.69, 9.17) is 0 Å². The second-order valence-corrected chi connectivity index (χ2v) is 2.41. The Hall–Kier alpha value is -0.560. The number of aliphatic hydroxyl groups is 1. The van der Waals surface area contributed by atoms with Gasteiger partial charge in [0.25, 0.3) is 0 Å². The lowest BCUT2D eigenvalue weighted by atomic mass is 10.1. The summed E-state index contributed by atoms with van der Waals surface area (Å²) in [5.74, 6) is 0. The summed E-state index contributed by atoms with van der Waals surface area (Å²) in [6, 6.07) is 0. The Kier molecular flexibility index (Phi) is 4.95. The Morgan fingerprint density at radius 2 is 2.30 bits per heavy atom. The molecule has 0 spiro atoms. The van der Waals surface area contributed by atoms with Crippen LogP contribution in [0.1, 0.15) is 26.7 Å². The standard InChI is InChI=1S/C9H16O/c1-4-6-7-9(10)8(3)5-2/h4-5,9-10H,1,6-7H2,2-3H3/b8-5-/t9-/m1/s1. The molecule has 0 aromatic carbocycles. The molecule has 58 valence electrons. The van der Waals surface area contributed by atoms with Crippen LogP contribution in [0.3, 0.4) is 0 Å². The van der Waals surface area contributed by atoms with Gasteiger partial charge in [0.2, 0.25) is 0 Å². The van der Waals surface area contributed by atoms with Crippen LogP contribution in [-0.4, -0.2) is 11.2 Å². The largest absolute Gasteiger partial charge is 0.389 e. The Labute approximate surface area is 63.1 Å². The van der Waals surface area contributed by atoms with Crippen molar-refractivity contribution in [1.82, 2.24) is 0 Å². The van der Waals surface area contributed by atoms with Crippen LogP contribution in [0.4, 0.5) is 0 Å². The smallest absolute Gasteiger partial charge is 0.0750 e. The predicted octanol–water partition coefficient (Wildman–Crippen LogP) is 2.28. The van der Waals surface area contributed by atoms with Gasteiger partial charge in [-0.3, -0.25) is 0 Å². The molecule has 1 heteroatoms. The van der Waals surface area contributed by atoms with Crippen LogP contribution >= 0.6 is 0 Å². The van der Waals surface area contributed by atoms with Crippen molar-refractivity contribution in [3.63, 3.8) is 0 Å². The topological polar surface area (TPSA) is 20.2 Å². The molecule has 0 radical (unpaired) electrons. The van der Waals surface area contributed by atoms with E-state index in [1.165, 1.54) is 0 Å². The molecule has 0 amide bonds. The summed E-state index contributed by atoms with van der Waals surface area (Å²) in [6.07, 6.45) is 5.16. The Morgan fingerprint density at radius 1 is 1.70 bits per heavy atom. The highest BCUT2D eigenvalue weighted by Crippen LogP contribution is 2.07. The van der Waals surface area contributed by atoms with Crippen molar-refractivity contribution < 1.29 is 5.11 Å². The van der Waals surface area contributed by atoms with Gasteiger partial charge in [0.1, 0.15) is 0 Å². The summed E-state index contributed by atoms with van der Waals surface area (Å²) < 4.78 is 0. The fraction of sp³-hybridized carbons (Fsp3) is 0.556. The molecular weight excluding hydrogens is 124 g/mol. The summed E-state index contributed by atoms with van der Waals surface area (Å²) >= 11 is 0. The van der Waals surface area contributed by atoms with E-state index in [0.717, 1.165) is 18.4 Å². The Balaban J connectivity index is 3.61. The van der Waals surface area contributed by atoms with Gasteiger partial charge in [-0.15, -0.1) is 6.58 Å². The lowest BCUT2D eigenvalue weighted by Crippen LogP contribution is -2.06. The zero-order chi connectivity index (χ0) is 7.98. The normalized spacial score (nSPS) is 14.9. The van der Waals surface area contributed by atoms with Crippen LogP contribution < -0.4 is 0 Å². The van der Waals surface area contributed by atoms with Gasteiger partial charge in [0, 0.05) is 0 Å². The second-order valence-electron chi connectivity index (χ2n) is 2.41. The number of allylic oxidation sites excluding steroid dienone is 2. The van der Waals surface area contributed by atoms with Crippen LogP contribution in [0.25, 0.3) is 0 Å². The molecule has 0 heterocycles. The summed E-state index contributed by atoms with van der Waals surface area (Å²) in [4.78, 5) is 0. The molecule has 0 aliphatic heterocycles. The van der Waals surface area contributed by atoms with Crippen molar-refractivity contribution in [2.75, 3.05) is 0 Å². The highest BCUT2D eigenvalue weighted by Gasteiger charge is 2.02. The first-order valence-electron chi connectivity index (χ1n) is 3.64. The van der Waals surface area contributed by atoms with Crippen molar-refractivity contribution in [3.05, 3.63) is 24.3 Å². The minimum atomic E-state index is -0.275. The van der Waals surface area contributed by atoms with E-state index in [1.807, 2.05) is 26.0 Å². The van der Waals surface area contributed by atoms with Crippen LogP contribution in [0, 0.1) is 0 Å². The van der Waals surface area contributed by atoms with E-state index in [0.29, 0.717) is 0 Å². The van der Waals surface area contributed by atoms with Crippen molar-refractivity contribution in [3.8, 4) is 0 Å². The monoisotopic (exact) mass is 140 g/mol. The number of aliphatic hydroxyl groups excluding tert-OH is 1. The molecule has 0 aliphatic rings. The van der Waals surface area contributed by atoms with E-state index < -0.39 is 0 Å². The predicted molar refractivity (Wildman–Crippen MR) is 44.9 cm³/mol. The van der Waals surface area contributed by atoms with Crippen molar-refractivity contribution in [2.24, 2.45) is 0 Å². The fourth-order valence-electron chi connectivity index (χ4n) is 0.696. The molecule has 0 saturated heterocycles. The first kappa shape index (κ1) is 9.44. The minimum absolute atomic E-state index is 0.275. The molecule has 0 bridgehead atoms. The molecule has 0 unspecified atom stereocenters. The number of hydrogen-bond acceptors (Lipinski definition) is 1. The molecule has 0 rings (SSSR count). The first-order valence-corrected chi connectivity index (χ1v) is 3.64. The van der Waals surface area contributed by atoms with E-state index in [-0.39, 0.29) is 6.10 Å². The Morgan fingerprint density at radius 3 is 2.70 bits per heavy atom. The molecule has 1 N–H and O–H groups in total. The maximum atomic E-state index is 9.33. The number of rotatable bonds is 4. The molecule has 1 nitrogen and oxygen atoms in total. The minimum Gasteiger partial charge on any atom is -0.389 e. The molecule has 1 atom stereocenters. The van der Waals surface area contributed by atoms with E-state index >= 15 is 0 Å². The van der Waals surface area contributed by atoms with Gasteiger partial charge in [-0.2, -0.15) is 0 Å². The third kappa shape index (κ3) is 3.46. The molecule has 0 aliphatic carbocycles. The van der Waals surface area contributed by atoms with Crippen molar-refractivity contribution in [2.45, 2.75) is 32.8 Å². The van der Waals surface area contributed by atoms with Gasteiger partial charge < -0.3 is 5.11 Å². The van der Waals surface area contributed by atoms with Gasteiger partial charge in [-0.05, 0) is 32.3 Å². The highest BCUT2D eigenvalue weighted by atomic mass is 16.3. The maximum absolute atomic E-state index is 9.33. The Bertz CT molecular complexity index is 125. The molecule has 10 heavy (non-hydrogen) atoms. The van der Waals surface area contributed by atoms with E-state index in [9.17, 15) is 5.11 Å². The van der Waals surface area contributed by atoms with Gasteiger partial charge in [-0.25, -0.2) is 0 Å². The summed E-state index contributed by atoms with van der Waals surface area (Å²) in [7, 11) is 0. The highest BCUT2D eigenvalue weighted by molar-refractivity contribution is 5.02. The summed E-state index contributed by atoms with van der Waals surface area (Å²) in [5.41, 5.74) is 1.04. The zero-order valence-corrected chi connectivity index (χ0v) is 6.80. The van der Waals surface area contributed by atoms with Gasteiger partial charge in [0.05, 0.1) is 6.10 Å². The molecule has 0 fully saturated rings. The van der Waals surface area contributed by atoms with Gasteiger partial charge in [-0.1, -0.05) is 12.2 Å². The molecule has 0 saturated carbocycles. The van der Waals surface area contributed by atoms with Gasteiger partial charge in [0.15, 0.2) is 0 Å². The SMILES string of the molecule is C=CCC[C@@H](O)/C(C)=C\C. The van der Waals surface area contributed by atoms with Gasteiger partial charge >= 0.3 is 0 Å². The lowest BCUT2D eigenvalue weighted by molar-refractivity contribution is 0.201. The van der Waals surface area contributed by atoms with Crippen LogP contribution in [0.5, 0.6) is 0 Å². The molecular formula is C9H16O. The third-order valence-electron chi connectivity index (χ3n) is 1.63. The van der Waals surface area contributed by atoms with E-state index in [1.54, 1.807) is 0 Å². The average molecular weight is 140 g/mol. The van der Waals surface area contributed by atoms with E-state index in [2.05, 4.69) is 6.58 Å².